The quantitative estimate of drug-likeness (QED) is 0.673. The molecule has 168 valence electrons. The van der Waals surface area contributed by atoms with Gasteiger partial charge in [0.15, 0.2) is 0 Å². The van der Waals surface area contributed by atoms with Gasteiger partial charge >= 0.3 is 6.18 Å². The van der Waals surface area contributed by atoms with Crippen molar-refractivity contribution in [3.63, 3.8) is 0 Å². The number of aliphatic hydroxyl groups is 1. The van der Waals surface area contributed by atoms with E-state index in [4.69, 9.17) is 0 Å². The number of likely N-dealkylation sites (tertiary alicyclic amines) is 1. The van der Waals surface area contributed by atoms with E-state index in [1.807, 2.05) is 0 Å². The number of rotatable bonds is 6. The first-order chi connectivity index (χ1) is 14.5. The lowest BCUT2D eigenvalue weighted by Gasteiger charge is -2.27. The molecule has 1 fully saturated rings. The zero-order valence-corrected chi connectivity index (χ0v) is 16.8. The molecule has 0 saturated carbocycles. The summed E-state index contributed by atoms with van der Waals surface area (Å²) in [7, 11) is 0. The van der Waals surface area contributed by atoms with Crippen molar-refractivity contribution in [1.29, 1.82) is 0 Å². The van der Waals surface area contributed by atoms with Gasteiger partial charge in [-0.3, -0.25) is 9.69 Å². The molecule has 4 nitrogen and oxygen atoms in total. The zero-order valence-electron chi connectivity index (χ0n) is 16.8. The summed E-state index contributed by atoms with van der Waals surface area (Å²) in [6, 6.07) is 11.5. The van der Waals surface area contributed by atoms with Crippen molar-refractivity contribution in [2.75, 3.05) is 19.6 Å². The van der Waals surface area contributed by atoms with Crippen LogP contribution in [-0.4, -0.2) is 41.7 Å². The van der Waals surface area contributed by atoms with Crippen LogP contribution in [0.4, 0.5) is 22.0 Å². The van der Waals surface area contributed by atoms with Crippen LogP contribution in [0.5, 0.6) is 0 Å². The summed E-state index contributed by atoms with van der Waals surface area (Å²) in [4.78, 5) is 14.2. The molecule has 1 aliphatic heterocycles. The number of hydrogen-bond donors (Lipinski definition) is 2. The van der Waals surface area contributed by atoms with Gasteiger partial charge in [0.1, 0.15) is 17.2 Å². The van der Waals surface area contributed by atoms with Gasteiger partial charge in [0.2, 0.25) is 5.91 Å². The number of nitrogens with one attached hydrogen (secondary N) is 1. The molecule has 0 spiro atoms. The lowest BCUT2D eigenvalue weighted by Crippen LogP contribution is -2.45. The van der Waals surface area contributed by atoms with E-state index in [1.165, 1.54) is 6.92 Å². The van der Waals surface area contributed by atoms with E-state index in [0.717, 1.165) is 17.7 Å². The highest BCUT2D eigenvalue weighted by Gasteiger charge is 2.52. The van der Waals surface area contributed by atoms with Gasteiger partial charge in [0.05, 0.1) is 18.4 Å². The van der Waals surface area contributed by atoms with Gasteiger partial charge in [-0.15, -0.1) is 0 Å². The first kappa shape index (κ1) is 23.1. The Morgan fingerprint density at radius 3 is 2.42 bits per heavy atom. The number of benzene rings is 2. The zero-order chi connectivity index (χ0) is 22.8. The highest BCUT2D eigenvalue weighted by molar-refractivity contribution is 5.79. The van der Waals surface area contributed by atoms with Crippen LogP contribution in [0, 0.1) is 23.5 Å². The first-order valence-electron chi connectivity index (χ1n) is 9.76. The van der Waals surface area contributed by atoms with Crippen LogP contribution in [0.3, 0.4) is 0 Å². The Hall–Kier alpha value is -2.52. The monoisotopic (exact) mass is 442 g/mol. The average Bonchev–Trinajstić information content (AvgIpc) is 3.11. The summed E-state index contributed by atoms with van der Waals surface area (Å²) in [5.74, 6) is -5.94. The highest BCUT2D eigenvalue weighted by Crippen LogP contribution is 2.38. The molecule has 3 atom stereocenters. The van der Waals surface area contributed by atoms with Crippen LogP contribution in [0.15, 0.2) is 48.5 Å². The Kier molecular flexibility index (Phi) is 6.66. The van der Waals surface area contributed by atoms with E-state index in [9.17, 15) is 31.9 Å². The number of nitrogens with zero attached hydrogens (tertiary/aromatic N) is 1. The van der Waals surface area contributed by atoms with Crippen LogP contribution in [-0.2, 0) is 16.9 Å². The second kappa shape index (κ2) is 8.92. The Morgan fingerprint density at radius 2 is 1.81 bits per heavy atom. The minimum Gasteiger partial charge on any atom is -0.383 e. The van der Waals surface area contributed by atoms with Gasteiger partial charge in [-0.25, -0.2) is 8.78 Å². The molecule has 0 bridgehead atoms. The van der Waals surface area contributed by atoms with Crippen LogP contribution >= 0.6 is 0 Å². The maximum Gasteiger partial charge on any atom is 0.393 e. The SMILES string of the molecule is CC(O)(CNC(=O)C1CN(Cc2ccccc2)CC1C(F)(F)F)c1ccc(F)cc1F. The summed E-state index contributed by atoms with van der Waals surface area (Å²) in [6.45, 7) is 0.530. The van der Waals surface area contributed by atoms with E-state index in [2.05, 4.69) is 5.32 Å². The summed E-state index contributed by atoms with van der Waals surface area (Å²) >= 11 is 0. The van der Waals surface area contributed by atoms with Crippen LogP contribution in [0.25, 0.3) is 0 Å². The highest BCUT2D eigenvalue weighted by atomic mass is 19.4. The number of alkyl halides is 3. The molecule has 1 aliphatic rings. The van der Waals surface area contributed by atoms with Crippen molar-refractivity contribution in [2.45, 2.75) is 25.2 Å². The third kappa shape index (κ3) is 5.59. The topological polar surface area (TPSA) is 52.6 Å². The molecule has 2 aromatic carbocycles. The second-order valence-corrected chi connectivity index (χ2v) is 8.05. The van der Waals surface area contributed by atoms with Crippen molar-refractivity contribution >= 4 is 5.91 Å². The molecule has 9 heteroatoms. The summed E-state index contributed by atoms with van der Waals surface area (Å²) in [6.07, 6.45) is -4.57. The fraction of sp³-hybridized carbons (Fsp3) is 0.409. The molecular weight excluding hydrogens is 419 g/mol. The van der Waals surface area contributed by atoms with Crippen molar-refractivity contribution in [2.24, 2.45) is 11.8 Å². The molecule has 2 N–H and O–H groups in total. The Labute approximate surface area is 176 Å². The summed E-state index contributed by atoms with van der Waals surface area (Å²) in [5, 5.41) is 12.8. The molecule has 0 aliphatic carbocycles. The smallest absolute Gasteiger partial charge is 0.383 e. The molecule has 3 unspecified atom stereocenters. The maximum absolute atomic E-state index is 14.0. The van der Waals surface area contributed by atoms with Crippen LogP contribution < -0.4 is 5.32 Å². The minimum absolute atomic E-state index is 0.0992. The van der Waals surface area contributed by atoms with E-state index in [-0.39, 0.29) is 25.2 Å². The molecule has 0 radical (unpaired) electrons. The molecule has 3 rings (SSSR count). The number of hydrogen-bond acceptors (Lipinski definition) is 3. The van der Waals surface area contributed by atoms with Crippen LogP contribution in [0.2, 0.25) is 0 Å². The van der Waals surface area contributed by atoms with E-state index < -0.39 is 47.7 Å². The number of amides is 1. The third-order valence-corrected chi connectivity index (χ3v) is 5.52. The van der Waals surface area contributed by atoms with E-state index in [1.54, 1.807) is 35.2 Å². The van der Waals surface area contributed by atoms with Gasteiger partial charge in [0.25, 0.3) is 0 Å². The Bertz CT molecular complexity index is 918. The van der Waals surface area contributed by atoms with E-state index in [0.29, 0.717) is 6.07 Å². The Morgan fingerprint density at radius 1 is 1.13 bits per heavy atom. The van der Waals surface area contributed by atoms with Crippen molar-refractivity contribution in [1.82, 2.24) is 10.2 Å². The molecular formula is C22H23F5N2O2. The first-order valence-corrected chi connectivity index (χ1v) is 9.76. The lowest BCUT2D eigenvalue weighted by molar-refractivity contribution is -0.183. The normalized spacial score (nSPS) is 21.6. The van der Waals surface area contributed by atoms with Crippen molar-refractivity contribution in [3.05, 3.63) is 71.3 Å². The van der Waals surface area contributed by atoms with E-state index >= 15 is 0 Å². The number of carbonyl (C=O) groups excluding carboxylic acids is 1. The molecule has 2 aromatic rings. The third-order valence-electron chi connectivity index (χ3n) is 5.52. The van der Waals surface area contributed by atoms with Gasteiger partial charge in [-0.2, -0.15) is 13.2 Å². The van der Waals surface area contributed by atoms with Crippen molar-refractivity contribution in [3.8, 4) is 0 Å². The minimum atomic E-state index is -4.57. The largest absolute Gasteiger partial charge is 0.393 e. The maximum atomic E-state index is 14.0. The molecule has 31 heavy (non-hydrogen) atoms. The second-order valence-electron chi connectivity index (χ2n) is 8.05. The molecule has 1 amide bonds. The number of halogens is 5. The van der Waals surface area contributed by atoms with Crippen molar-refractivity contribution < 1.29 is 31.9 Å². The molecule has 1 saturated heterocycles. The Balaban J connectivity index is 1.69. The van der Waals surface area contributed by atoms with Gasteiger partial charge < -0.3 is 10.4 Å². The van der Waals surface area contributed by atoms with Gasteiger partial charge in [0, 0.05) is 31.3 Å². The van der Waals surface area contributed by atoms with Gasteiger partial charge in [-0.05, 0) is 18.6 Å². The molecule has 1 heterocycles. The summed E-state index contributed by atoms with van der Waals surface area (Å²) in [5.41, 5.74) is -1.36. The molecule has 0 aromatic heterocycles. The predicted octanol–water partition coefficient (Wildman–Crippen LogP) is 3.60. The number of carbonyl (C=O) groups is 1. The fourth-order valence-corrected chi connectivity index (χ4v) is 3.87. The predicted molar refractivity (Wildman–Crippen MR) is 104 cm³/mol. The van der Waals surface area contributed by atoms with Crippen LogP contribution in [0.1, 0.15) is 18.1 Å². The standard InChI is InChI=1S/C22H23F5N2O2/c1-21(31,17-8-7-15(23)9-19(17)24)13-28-20(30)16-11-29(12-18(16)22(25,26)27)10-14-5-3-2-4-6-14/h2-9,16,18,31H,10-13H2,1H3,(H,28,30). The average molecular weight is 442 g/mol. The lowest BCUT2D eigenvalue weighted by atomic mass is 9.92. The fourth-order valence-electron chi connectivity index (χ4n) is 3.87. The summed E-state index contributed by atoms with van der Waals surface area (Å²) < 4.78 is 67.8. The van der Waals surface area contributed by atoms with Gasteiger partial charge in [-0.1, -0.05) is 36.4 Å².